The zero-order valence-electron chi connectivity index (χ0n) is 49.2. The fourth-order valence-corrected chi connectivity index (χ4v) is 10.2. The lowest BCUT2D eigenvalue weighted by Crippen LogP contribution is -2.61. The second kappa shape index (κ2) is 49.6. The molecule has 0 aromatic rings. The molecule has 2 heterocycles. The van der Waals surface area contributed by atoms with E-state index in [1.807, 2.05) is 0 Å². The van der Waals surface area contributed by atoms with Crippen LogP contribution in [-0.2, 0) is 38.0 Å². The van der Waals surface area contributed by atoms with E-state index in [4.69, 9.17) is 28.4 Å². The van der Waals surface area contributed by atoms with Crippen LogP contribution in [0.2, 0.25) is 0 Å². The van der Waals surface area contributed by atoms with Crippen LogP contribution in [0.3, 0.4) is 0 Å². The SMILES string of the molecule is CCCCCCCCCCCCCCCC/C=C/CC/C=C/CCCC(=O)OC[C@@H](CO[C@@H]1O[C@H](CO[C@@H]2O[C@H](CO)[C@H](O)C(O)C2O)[C@H](O)C(O)C1O)OC(=O)CCCCCCCCCCCCCCCCCCCCC. The molecule has 0 bridgehead atoms. The number of allylic oxidation sites excluding steroid dienone is 4. The standard InChI is InChI=1S/C63H116O15/c1-3-5-7-9-11-13-15-17-19-21-23-24-25-26-28-29-31-33-35-37-39-41-43-45-54(65)73-48-51(76-55(66)46-44-42-40-38-36-34-32-30-27-22-20-18-16-14-12-10-8-6-4-2)49-74-62-61(72)59(70)57(68)53(78-62)50-75-63-60(71)58(69)56(67)52(47-64)77-63/h29,31,37,39,51-53,56-64,67-72H,3-28,30,32-36,38,40-50H2,1-2H3/b31-29+,39-37+/t51-,52+,53+,56-,57-,58?,59?,60?,61?,62+,63+/m0/s1. The van der Waals surface area contributed by atoms with E-state index >= 15 is 0 Å². The molecule has 15 nitrogen and oxygen atoms in total. The summed E-state index contributed by atoms with van der Waals surface area (Å²) in [6, 6.07) is 0. The van der Waals surface area contributed by atoms with Gasteiger partial charge in [0, 0.05) is 12.8 Å². The molecule has 2 rings (SSSR count). The predicted octanol–water partition coefficient (Wildman–Crippen LogP) is 11.8. The number of aliphatic hydroxyl groups excluding tert-OH is 7. The minimum absolute atomic E-state index is 0.162. The molecule has 78 heavy (non-hydrogen) atoms. The van der Waals surface area contributed by atoms with E-state index in [0.29, 0.717) is 19.3 Å². The van der Waals surface area contributed by atoms with Crippen LogP contribution in [0.4, 0.5) is 0 Å². The van der Waals surface area contributed by atoms with Crippen LogP contribution >= 0.6 is 0 Å². The maximum atomic E-state index is 13.1. The van der Waals surface area contributed by atoms with Crippen LogP contribution in [0.25, 0.3) is 0 Å². The topological polar surface area (TPSA) is 231 Å². The molecule has 2 fully saturated rings. The van der Waals surface area contributed by atoms with Crippen molar-refractivity contribution < 1.29 is 73.8 Å². The van der Waals surface area contributed by atoms with E-state index in [9.17, 15) is 45.3 Å². The summed E-state index contributed by atoms with van der Waals surface area (Å²) in [7, 11) is 0. The first-order chi connectivity index (χ1) is 38.0. The minimum atomic E-state index is -1.77. The monoisotopic (exact) mass is 1110 g/mol. The van der Waals surface area contributed by atoms with Crippen molar-refractivity contribution in [2.75, 3.05) is 26.4 Å². The number of hydrogen-bond donors (Lipinski definition) is 7. The Balaban J connectivity index is 1.72. The average molecular weight is 1110 g/mol. The maximum Gasteiger partial charge on any atom is 0.306 e. The van der Waals surface area contributed by atoms with Crippen LogP contribution < -0.4 is 0 Å². The summed E-state index contributed by atoms with van der Waals surface area (Å²) in [5.41, 5.74) is 0. The van der Waals surface area contributed by atoms with Crippen molar-refractivity contribution in [3.05, 3.63) is 24.3 Å². The number of rotatable bonds is 52. The first-order valence-electron chi connectivity index (χ1n) is 31.9. The van der Waals surface area contributed by atoms with E-state index < -0.39 is 92.7 Å². The first-order valence-corrected chi connectivity index (χ1v) is 31.9. The molecule has 0 aromatic carbocycles. The van der Waals surface area contributed by atoms with Gasteiger partial charge in [-0.1, -0.05) is 237 Å². The molecule has 2 saturated heterocycles. The van der Waals surface area contributed by atoms with Crippen LogP contribution in [-0.4, -0.2) is 142 Å². The number of carbonyl (C=O) groups is 2. The zero-order chi connectivity index (χ0) is 56.7. The number of esters is 2. The summed E-state index contributed by atoms with van der Waals surface area (Å²) in [5, 5.41) is 72.4. The lowest BCUT2D eigenvalue weighted by atomic mass is 9.98. The number of unbranched alkanes of at least 4 members (excludes halogenated alkanes) is 34. The van der Waals surface area contributed by atoms with Crippen LogP contribution in [0, 0.1) is 0 Å². The van der Waals surface area contributed by atoms with Gasteiger partial charge in [0.25, 0.3) is 0 Å². The molecule has 458 valence electrons. The summed E-state index contributed by atoms with van der Waals surface area (Å²) >= 11 is 0. The molecule has 0 aliphatic carbocycles. The molecule has 0 saturated carbocycles. The van der Waals surface area contributed by atoms with Crippen molar-refractivity contribution in [3.63, 3.8) is 0 Å². The summed E-state index contributed by atoms with van der Waals surface area (Å²) in [6.07, 6.45) is 39.3. The highest BCUT2D eigenvalue weighted by Gasteiger charge is 2.47. The molecule has 7 N–H and O–H groups in total. The largest absolute Gasteiger partial charge is 0.462 e. The molecule has 0 aromatic heterocycles. The molecule has 0 spiro atoms. The van der Waals surface area contributed by atoms with E-state index in [1.165, 1.54) is 186 Å². The van der Waals surface area contributed by atoms with Gasteiger partial charge in [0.15, 0.2) is 18.7 Å². The summed E-state index contributed by atoms with van der Waals surface area (Å²) in [4.78, 5) is 25.9. The first kappa shape index (κ1) is 72.1. The third-order valence-corrected chi connectivity index (χ3v) is 15.4. The second-order valence-electron chi connectivity index (χ2n) is 22.6. The van der Waals surface area contributed by atoms with Gasteiger partial charge in [-0.25, -0.2) is 0 Å². The molecule has 2 aliphatic rings. The Labute approximate surface area is 473 Å². The van der Waals surface area contributed by atoms with Gasteiger partial charge in [0.1, 0.15) is 55.4 Å². The Morgan fingerprint density at radius 3 is 1.21 bits per heavy atom. The number of carbonyl (C=O) groups excluding carboxylic acids is 2. The molecular formula is C63H116O15. The molecule has 0 radical (unpaired) electrons. The Bertz CT molecular complexity index is 1450. The van der Waals surface area contributed by atoms with Crippen molar-refractivity contribution in [2.24, 2.45) is 0 Å². The minimum Gasteiger partial charge on any atom is -0.462 e. The third kappa shape index (κ3) is 35.8. The van der Waals surface area contributed by atoms with Crippen molar-refractivity contribution in [1.29, 1.82) is 0 Å². The Hall–Kier alpha value is -2.02. The van der Waals surface area contributed by atoms with Crippen LogP contribution in [0.1, 0.15) is 271 Å². The van der Waals surface area contributed by atoms with E-state index in [-0.39, 0.29) is 26.1 Å². The van der Waals surface area contributed by atoms with E-state index in [2.05, 4.69) is 38.2 Å². The second-order valence-corrected chi connectivity index (χ2v) is 22.6. The quantitative estimate of drug-likeness (QED) is 0.0171. The molecule has 11 atom stereocenters. The lowest BCUT2D eigenvalue weighted by Gasteiger charge is -2.42. The van der Waals surface area contributed by atoms with Crippen molar-refractivity contribution in [2.45, 2.75) is 338 Å². The molecule has 2 aliphatic heterocycles. The maximum absolute atomic E-state index is 13.1. The Kier molecular flexibility index (Phi) is 45.8. The predicted molar refractivity (Wildman–Crippen MR) is 307 cm³/mol. The fourth-order valence-electron chi connectivity index (χ4n) is 10.2. The van der Waals surface area contributed by atoms with E-state index in [0.717, 1.165) is 38.5 Å². The highest BCUT2D eigenvalue weighted by Crippen LogP contribution is 2.27. The summed E-state index contributed by atoms with van der Waals surface area (Å²) < 4.78 is 33.7. The van der Waals surface area contributed by atoms with Gasteiger partial charge in [-0.2, -0.15) is 0 Å². The summed E-state index contributed by atoms with van der Waals surface area (Å²) in [6.45, 7) is 2.62. The Morgan fingerprint density at radius 1 is 0.397 bits per heavy atom. The normalized spacial score (nSPS) is 24.1. The zero-order valence-corrected chi connectivity index (χ0v) is 49.2. The van der Waals surface area contributed by atoms with Gasteiger partial charge >= 0.3 is 11.9 Å². The Morgan fingerprint density at radius 2 is 0.756 bits per heavy atom. The average Bonchev–Trinajstić information content (AvgIpc) is 3.43. The summed E-state index contributed by atoms with van der Waals surface area (Å²) in [5.74, 6) is -0.958. The number of hydrogen-bond acceptors (Lipinski definition) is 15. The highest BCUT2D eigenvalue weighted by molar-refractivity contribution is 5.70. The highest BCUT2D eigenvalue weighted by atomic mass is 16.7. The third-order valence-electron chi connectivity index (χ3n) is 15.4. The number of aliphatic hydroxyl groups is 7. The van der Waals surface area contributed by atoms with Crippen LogP contribution in [0.15, 0.2) is 24.3 Å². The fraction of sp³-hybridized carbons (Fsp3) is 0.905. The molecule has 15 heteroatoms. The van der Waals surface area contributed by atoms with Crippen molar-refractivity contribution in [1.82, 2.24) is 0 Å². The van der Waals surface area contributed by atoms with Gasteiger partial charge in [0.2, 0.25) is 0 Å². The van der Waals surface area contributed by atoms with Gasteiger partial charge in [-0.05, 0) is 44.9 Å². The lowest BCUT2D eigenvalue weighted by molar-refractivity contribution is -0.332. The molecular weight excluding hydrogens is 997 g/mol. The van der Waals surface area contributed by atoms with Gasteiger partial charge < -0.3 is 64.2 Å². The van der Waals surface area contributed by atoms with Crippen molar-refractivity contribution >= 4 is 11.9 Å². The van der Waals surface area contributed by atoms with Gasteiger partial charge in [-0.3, -0.25) is 9.59 Å². The van der Waals surface area contributed by atoms with Gasteiger partial charge in [-0.15, -0.1) is 0 Å². The van der Waals surface area contributed by atoms with Gasteiger partial charge in [0.05, 0.1) is 19.8 Å². The molecule has 0 amide bonds. The molecule has 4 unspecified atom stereocenters. The van der Waals surface area contributed by atoms with E-state index in [1.54, 1.807) is 0 Å². The van der Waals surface area contributed by atoms with Crippen LogP contribution in [0.5, 0.6) is 0 Å². The number of ether oxygens (including phenoxy) is 6. The van der Waals surface area contributed by atoms with Crippen molar-refractivity contribution in [3.8, 4) is 0 Å². The smallest absolute Gasteiger partial charge is 0.306 e.